The summed E-state index contributed by atoms with van der Waals surface area (Å²) < 4.78 is 5.52. The number of benzene rings is 1. The van der Waals surface area contributed by atoms with Crippen LogP contribution in [0.3, 0.4) is 0 Å². The largest absolute Gasteiger partial charge is 0.389 e. The van der Waals surface area contributed by atoms with E-state index in [1.165, 1.54) is 0 Å². The Balaban J connectivity index is 1.78. The van der Waals surface area contributed by atoms with Gasteiger partial charge in [-0.3, -0.25) is 0 Å². The molecular formula is C17H19N3O2. The first-order chi connectivity index (χ1) is 10.7. The zero-order valence-electron chi connectivity index (χ0n) is 12.5. The summed E-state index contributed by atoms with van der Waals surface area (Å²) in [5.74, 6) is 0. The van der Waals surface area contributed by atoms with Gasteiger partial charge in [0, 0.05) is 25.5 Å². The van der Waals surface area contributed by atoms with Gasteiger partial charge in [0.2, 0.25) is 0 Å². The van der Waals surface area contributed by atoms with Gasteiger partial charge in [-0.05, 0) is 17.7 Å². The maximum atomic E-state index is 10.0. The Morgan fingerprint density at radius 1 is 1.32 bits per heavy atom. The molecule has 114 valence electrons. The third kappa shape index (κ3) is 4.85. The molecule has 0 saturated carbocycles. The molecule has 0 aliphatic carbocycles. The maximum absolute atomic E-state index is 10.0. The van der Waals surface area contributed by atoms with E-state index < -0.39 is 6.10 Å². The summed E-state index contributed by atoms with van der Waals surface area (Å²) in [6.45, 7) is 1.16. The molecule has 5 nitrogen and oxygen atoms in total. The van der Waals surface area contributed by atoms with Crippen molar-refractivity contribution in [1.82, 2.24) is 4.98 Å². The Morgan fingerprint density at radius 3 is 2.82 bits per heavy atom. The second kappa shape index (κ2) is 8.13. The lowest BCUT2D eigenvalue weighted by molar-refractivity contribution is 0.0324. The van der Waals surface area contributed by atoms with Gasteiger partial charge >= 0.3 is 0 Å². The smallest absolute Gasteiger partial charge is 0.142 e. The van der Waals surface area contributed by atoms with Gasteiger partial charge in [0.05, 0.1) is 19.3 Å². The average Bonchev–Trinajstić information content (AvgIpc) is 2.56. The Morgan fingerprint density at radius 2 is 2.09 bits per heavy atom. The first-order valence-corrected chi connectivity index (χ1v) is 7.06. The molecule has 0 bridgehead atoms. The minimum Gasteiger partial charge on any atom is -0.389 e. The lowest BCUT2D eigenvalue weighted by Gasteiger charge is -2.22. The standard InChI is InChI=1S/C17H19N3O2/c1-20(16-7-8-19-15(9-16)10-18)11-17(21)13-22-12-14-5-3-2-4-6-14/h2-9,17,21H,11-13H2,1H3. The molecular weight excluding hydrogens is 278 g/mol. The fourth-order valence-corrected chi connectivity index (χ4v) is 2.08. The molecule has 5 heteroatoms. The minimum atomic E-state index is -0.604. The van der Waals surface area contributed by atoms with Crippen LogP contribution in [0.5, 0.6) is 0 Å². The Bertz CT molecular complexity index is 625. The van der Waals surface area contributed by atoms with Crippen molar-refractivity contribution in [2.45, 2.75) is 12.7 Å². The zero-order chi connectivity index (χ0) is 15.8. The van der Waals surface area contributed by atoms with Crippen LogP contribution in [-0.2, 0) is 11.3 Å². The van der Waals surface area contributed by atoms with Crippen molar-refractivity contribution < 1.29 is 9.84 Å². The second-order valence-electron chi connectivity index (χ2n) is 5.05. The summed E-state index contributed by atoms with van der Waals surface area (Å²) in [5, 5.41) is 18.9. The first kappa shape index (κ1) is 16.0. The summed E-state index contributed by atoms with van der Waals surface area (Å²) >= 11 is 0. The SMILES string of the molecule is CN(CC(O)COCc1ccccc1)c1ccnc(C#N)c1. The number of likely N-dealkylation sites (N-methyl/N-ethyl adjacent to an activating group) is 1. The number of pyridine rings is 1. The fraction of sp³-hybridized carbons (Fsp3) is 0.294. The molecule has 0 radical (unpaired) electrons. The number of aliphatic hydroxyl groups excluding tert-OH is 1. The molecule has 2 aromatic rings. The third-order valence-corrected chi connectivity index (χ3v) is 3.21. The van der Waals surface area contributed by atoms with E-state index in [1.807, 2.05) is 48.3 Å². The van der Waals surface area contributed by atoms with Gasteiger partial charge < -0.3 is 14.7 Å². The molecule has 2 rings (SSSR count). The quantitative estimate of drug-likeness (QED) is 0.846. The number of aromatic nitrogens is 1. The number of aliphatic hydroxyl groups is 1. The van der Waals surface area contributed by atoms with Crippen LogP contribution in [0.25, 0.3) is 0 Å². The maximum Gasteiger partial charge on any atom is 0.142 e. The second-order valence-corrected chi connectivity index (χ2v) is 5.05. The van der Waals surface area contributed by atoms with Gasteiger partial charge in [0.1, 0.15) is 11.8 Å². The molecule has 0 fully saturated rings. The molecule has 0 aliphatic rings. The molecule has 0 spiro atoms. The number of anilines is 1. The van der Waals surface area contributed by atoms with Crippen molar-refractivity contribution in [3.05, 3.63) is 59.9 Å². The van der Waals surface area contributed by atoms with Crippen molar-refractivity contribution in [2.24, 2.45) is 0 Å². The lowest BCUT2D eigenvalue weighted by atomic mass is 10.2. The Hall–Kier alpha value is -2.42. The molecule has 1 N–H and O–H groups in total. The van der Waals surface area contributed by atoms with E-state index in [0.29, 0.717) is 18.8 Å². The molecule has 1 atom stereocenters. The normalized spacial score (nSPS) is 11.7. The highest BCUT2D eigenvalue weighted by atomic mass is 16.5. The first-order valence-electron chi connectivity index (χ1n) is 7.06. The van der Waals surface area contributed by atoms with E-state index in [1.54, 1.807) is 18.3 Å². The van der Waals surface area contributed by atoms with E-state index in [0.717, 1.165) is 11.3 Å². The highest BCUT2D eigenvalue weighted by Gasteiger charge is 2.10. The van der Waals surface area contributed by atoms with Crippen molar-refractivity contribution in [3.63, 3.8) is 0 Å². The highest BCUT2D eigenvalue weighted by molar-refractivity contribution is 5.48. The molecule has 1 unspecified atom stereocenters. The predicted octanol–water partition coefficient (Wildman–Crippen LogP) is 1.97. The van der Waals surface area contributed by atoms with Crippen LogP contribution in [0.1, 0.15) is 11.3 Å². The van der Waals surface area contributed by atoms with E-state index in [4.69, 9.17) is 10.00 Å². The van der Waals surface area contributed by atoms with Crippen LogP contribution in [0.4, 0.5) is 5.69 Å². The molecule has 1 aromatic carbocycles. The number of nitrogens with zero attached hydrogens (tertiary/aromatic N) is 3. The molecule has 0 saturated heterocycles. The molecule has 1 aromatic heterocycles. The summed E-state index contributed by atoms with van der Waals surface area (Å²) in [4.78, 5) is 5.80. The number of hydrogen-bond donors (Lipinski definition) is 1. The number of ether oxygens (including phenoxy) is 1. The van der Waals surface area contributed by atoms with Gasteiger partial charge in [-0.25, -0.2) is 4.98 Å². The monoisotopic (exact) mass is 297 g/mol. The van der Waals surface area contributed by atoms with Gasteiger partial charge in [-0.15, -0.1) is 0 Å². The molecule has 0 aliphatic heterocycles. The molecule has 0 amide bonds. The van der Waals surface area contributed by atoms with E-state index in [-0.39, 0.29) is 6.61 Å². The fourth-order valence-electron chi connectivity index (χ4n) is 2.08. The summed E-state index contributed by atoms with van der Waals surface area (Å²) in [6.07, 6.45) is 0.982. The molecule has 22 heavy (non-hydrogen) atoms. The topological polar surface area (TPSA) is 69.4 Å². The van der Waals surface area contributed by atoms with Crippen LogP contribution in [0.2, 0.25) is 0 Å². The Kier molecular flexibility index (Phi) is 5.90. The number of nitriles is 1. The highest BCUT2D eigenvalue weighted by Crippen LogP contribution is 2.13. The lowest BCUT2D eigenvalue weighted by Crippen LogP contribution is -2.32. The average molecular weight is 297 g/mol. The number of rotatable bonds is 7. The van der Waals surface area contributed by atoms with E-state index in [9.17, 15) is 5.11 Å². The summed E-state index contributed by atoms with van der Waals surface area (Å²) in [7, 11) is 1.86. The van der Waals surface area contributed by atoms with Crippen LogP contribution >= 0.6 is 0 Å². The van der Waals surface area contributed by atoms with Gasteiger partial charge in [0.25, 0.3) is 0 Å². The summed E-state index contributed by atoms with van der Waals surface area (Å²) in [5.41, 5.74) is 2.28. The zero-order valence-corrected chi connectivity index (χ0v) is 12.5. The Labute approximate surface area is 130 Å². The van der Waals surface area contributed by atoms with Gasteiger partial charge in [-0.1, -0.05) is 30.3 Å². The van der Waals surface area contributed by atoms with E-state index in [2.05, 4.69) is 4.98 Å². The van der Waals surface area contributed by atoms with Crippen molar-refractivity contribution in [2.75, 3.05) is 25.1 Å². The van der Waals surface area contributed by atoms with Crippen LogP contribution in [0, 0.1) is 11.3 Å². The van der Waals surface area contributed by atoms with Crippen LogP contribution in [-0.4, -0.2) is 36.4 Å². The predicted molar refractivity (Wildman–Crippen MR) is 84.3 cm³/mol. The third-order valence-electron chi connectivity index (χ3n) is 3.21. The van der Waals surface area contributed by atoms with Gasteiger partial charge in [0.15, 0.2) is 0 Å². The van der Waals surface area contributed by atoms with Gasteiger partial charge in [-0.2, -0.15) is 5.26 Å². The van der Waals surface area contributed by atoms with Crippen LogP contribution < -0.4 is 4.90 Å². The van der Waals surface area contributed by atoms with Crippen molar-refractivity contribution >= 4 is 5.69 Å². The van der Waals surface area contributed by atoms with Crippen molar-refractivity contribution in [3.8, 4) is 6.07 Å². The summed E-state index contributed by atoms with van der Waals surface area (Å²) in [6, 6.07) is 15.3. The minimum absolute atomic E-state index is 0.259. The number of hydrogen-bond acceptors (Lipinski definition) is 5. The van der Waals surface area contributed by atoms with Crippen molar-refractivity contribution in [1.29, 1.82) is 5.26 Å². The molecule has 1 heterocycles. The van der Waals surface area contributed by atoms with E-state index >= 15 is 0 Å². The van der Waals surface area contributed by atoms with Crippen LogP contribution in [0.15, 0.2) is 48.7 Å².